The van der Waals surface area contributed by atoms with Crippen LogP contribution in [0, 0.1) is 0 Å². The maximum Gasteiger partial charge on any atom is 0.188 e. The fourth-order valence-electron chi connectivity index (χ4n) is 2.93. The molecule has 4 aromatic rings. The average Bonchev–Trinajstić information content (AvgIpc) is 3.17. The highest BCUT2D eigenvalue weighted by atomic mass is 35.5. The van der Waals surface area contributed by atoms with Crippen molar-refractivity contribution in [1.82, 2.24) is 9.55 Å². The van der Waals surface area contributed by atoms with E-state index in [4.69, 9.17) is 9.72 Å². The van der Waals surface area contributed by atoms with Gasteiger partial charge in [0, 0.05) is 24.9 Å². The SMILES string of the molecule is COc1ccc(S(C)(=O)=O)cc1Nc1nc2c(ccc3c2ccn3C)s1.Cl. The number of benzene rings is 2. The van der Waals surface area contributed by atoms with Crippen LogP contribution in [-0.2, 0) is 16.9 Å². The molecule has 1 N–H and O–H groups in total. The van der Waals surface area contributed by atoms with Gasteiger partial charge in [0.15, 0.2) is 15.0 Å². The molecule has 0 unspecified atom stereocenters. The number of aryl methyl sites for hydroxylation is 1. The Morgan fingerprint density at radius 2 is 1.96 bits per heavy atom. The number of ether oxygens (including phenoxy) is 1. The highest BCUT2D eigenvalue weighted by molar-refractivity contribution is 7.90. The van der Waals surface area contributed by atoms with Crippen molar-refractivity contribution in [3.05, 3.63) is 42.6 Å². The normalized spacial score (nSPS) is 11.5. The lowest BCUT2D eigenvalue weighted by Crippen LogP contribution is -2.00. The molecule has 0 saturated carbocycles. The van der Waals surface area contributed by atoms with Gasteiger partial charge < -0.3 is 14.6 Å². The van der Waals surface area contributed by atoms with Gasteiger partial charge in [-0.05, 0) is 36.4 Å². The minimum atomic E-state index is -3.31. The summed E-state index contributed by atoms with van der Waals surface area (Å²) in [6.07, 6.45) is 3.19. The summed E-state index contributed by atoms with van der Waals surface area (Å²) >= 11 is 1.51. The van der Waals surface area contributed by atoms with Crippen molar-refractivity contribution in [1.29, 1.82) is 0 Å². The summed E-state index contributed by atoms with van der Waals surface area (Å²) in [5, 5.41) is 4.98. The van der Waals surface area contributed by atoms with Crippen LogP contribution in [0.1, 0.15) is 0 Å². The number of fused-ring (bicyclic) bond motifs is 3. The summed E-state index contributed by atoms with van der Waals surface area (Å²) in [5.74, 6) is 0.557. The number of halogens is 1. The van der Waals surface area contributed by atoms with Crippen LogP contribution in [0.4, 0.5) is 10.8 Å². The maximum absolute atomic E-state index is 11.8. The Morgan fingerprint density at radius 1 is 1.19 bits per heavy atom. The third-order valence-electron chi connectivity index (χ3n) is 4.26. The van der Waals surface area contributed by atoms with E-state index in [2.05, 4.69) is 16.0 Å². The van der Waals surface area contributed by atoms with E-state index >= 15 is 0 Å². The van der Waals surface area contributed by atoms with Crippen molar-refractivity contribution in [2.45, 2.75) is 4.90 Å². The van der Waals surface area contributed by atoms with Crippen molar-refractivity contribution >= 4 is 65.5 Å². The van der Waals surface area contributed by atoms with Gasteiger partial charge in [0.2, 0.25) is 0 Å². The quantitative estimate of drug-likeness (QED) is 0.527. The van der Waals surface area contributed by atoms with Crippen LogP contribution in [0.5, 0.6) is 5.75 Å². The van der Waals surface area contributed by atoms with Crippen LogP contribution >= 0.6 is 23.7 Å². The first-order chi connectivity index (χ1) is 12.4. The fraction of sp³-hybridized carbons (Fsp3) is 0.167. The highest BCUT2D eigenvalue weighted by Gasteiger charge is 2.14. The zero-order chi connectivity index (χ0) is 18.5. The van der Waals surface area contributed by atoms with Gasteiger partial charge in [0.05, 0.1) is 33.4 Å². The van der Waals surface area contributed by atoms with Gasteiger partial charge in [-0.15, -0.1) is 12.4 Å². The first-order valence-electron chi connectivity index (χ1n) is 7.86. The number of thiazole rings is 1. The lowest BCUT2D eigenvalue weighted by atomic mass is 10.2. The third kappa shape index (κ3) is 3.47. The summed E-state index contributed by atoms with van der Waals surface area (Å²) in [6, 6.07) is 10.9. The van der Waals surface area contributed by atoms with Crippen molar-refractivity contribution in [2.75, 3.05) is 18.7 Å². The highest BCUT2D eigenvalue weighted by Crippen LogP contribution is 2.36. The predicted molar refractivity (Wildman–Crippen MR) is 113 cm³/mol. The minimum absolute atomic E-state index is 0. The van der Waals surface area contributed by atoms with Crippen LogP contribution in [-0.4, -0.2) is 31.3 Å². The molecule has 2 aromatic heterocycles. The summed E-state index contributed by atoms with van der Waals surface area (Å²) in [7, 11) is 0.241. The van der Waals surface area contributed by atoms with Crippen LogP contribution in [0.15, 0.2) is 47.5 Å². The Morgan fingerprint density at radius 3 is 2.67 bits per heavy atom. The van der Waals surface area contributed by atoms with Gasteiger partial charge in [-0.2, -0.15) is 0 Å². The van der Waals surface area contributed by atoms with Gasteiger partial charge in [0.1, 0.15) is 5.75 Å². The average molecular weight is 424 g/mol. The molecule has 9 heteroatoms. The van der Waals surface area contributed by atoms with Crippen molar-refractivity contribution in [2.24, 2.45) is 7.05 Å². The summed E-state index contributed by atoms with van der Waals surface area (Å²) in [6.45, 7) is 0. The van der Waals surface area contributed by atoms with E-state index in [9.17, 15) is 8.42 Å². The number of nitrogens with one attached hydrogen (secondary N) is 1. The number of hydrogen-bond acceptors (Lipinski definition) is 6. The standard InChI is InChI=1S/C18H17N3O3S2.ClH/c1-21-9-8-12-14(21)5-7-16-17(12)20-18(25-16)19-13-10-11(26(3,22)23)4-6-15(13)24-2;/h4-10H,1-3H3,(H,19,20);1H. The molecule has 142 valence electrons. The second-order valence-electron chi connectivity index (χ2n) is 6.05. The van der Waals surface area contributed by atoms with Gasteiger partial charge in [-0.1, -0.05) is 11.3 Å². The number of hydrogen-bond donors (Lipinski definition) is 1. The second kappa shape index (κ2) is 7.03. The van der Waals surface area contributed by atoms with Crippen molar-refractivity contribution in [3.8, 4) is 5.75 Å². The molecule has 0 bridgehead atoms. The number of nitrogens with zero attached hydrogens (tertiary/aromatic N) is 2. The number of aromatic nitrogens is 2. The molecular weight excluding hydrogens is 406 g/mol. The Hall–Kier alpha value is -2.29. The molecule has 0 fully saturated rings. The maximum atomic E-state index is 11.8. The molecule has 0 aliphatic rings. The van der Waals surface area contributed by atoms with E-state index in [0.29, 0.717) is 16.6 Å². The van der Waals surface area contributed by atoms with Crippen LogP contribution in [0.2, 0.25) is 0 Å². The van der Waals surface area contributed by atoms with E-state index in [1.807, 2.05) is 25.4 Å². The lowest BCUT2D eigenvalue weighted by molar-refractivity contribution is 0.416. The molecule has 0 amide bonds. The zero-order valence-electron chi connectivity index (χ0n) is 14.9. The number of sulfone groups is 1. The van der Waals surface area contributed by atoms with E-state index in [1.54, 1.807) is 19.2 Å². The summed E-state index contributed by atoms with van der Waals surface area (Å²) in [4.78, 5) is 4.93. The van der Waals surface area contributed by atoms with Gasteiger partial charge in [0.25, 0.3) is 0 Å². The summed E-state index contributed by atoms with van der Waals surface area (Å²) in [5.41, 5.74) is 2.61. The van der Waals surface area contributed by atoms with E-state index in [0.717, 1.165) is 21.1 Å². The second-order valence-corrected chi connectivity index (χ2v) is 9.10. The molecule has 2 aromatic carbocycles. The first kappa shape index (κ1) is 19.5. The Bertz CT molecular complexity index is 1250. The first-order valence-corrected chi connectivity index (χ1v) is 10.6. The number of rotatable bonds is 4. The Labute approximate surface area is 167 Å². The minimum Gasteiger partial charge on any atom is -0.495 e. The largest absolute Gasteiger partial charge is 0.495 e. The van der Waals surface area contributed by atoms with Gasteiger partial charge >= 0.3 is 0 Å². The zero-order valence-corrected chi connectivity index (χ0v) is 17.3. The topological polar surface area (TPSA) is 73.2 Å². The van der Waals surface area contributed by atoms with E-state index in [-0.39, 0.29) is 17.3 Å². The van der Waals surface area contributed by atoms with Gasteiger partial charge in [-0.25, -0.2) is 13.4 Å². The molecule has 0 radical (unpaired) electrons. The van der Waals surface area contributed by atoms with Crippen molar-refractivity contribution < 1.29 is 13.2 Å². The van der Waals surface area contributed by atoms with Crippen LogP contribution in [0.25, 0.3) is 21.1 Å². The van der Waals surface area contributed by atoms with Crippen molar-refractivity contribution in [3.63, 3.8) is 0 Å². The summed E-state index contributed by atoms with van der Waals surface area (Å²) < 4.78 is 32.1. The third-order valence-corrected chi connectivity index (χ3v) is 6.31. The van der Waals surface area contributed by atoms with Crippen LogP contribution in [0.3, 0.4) is 0 Å². The fourth-order valence-corrected chi connectivity index (χ4v) is 4.47. The molecule has 0 aliphatic heterocycles. The molecule has 27 heavy (non-hydrogen) atoms. The Balaban J connectivity index is 0.00000210. The number of methoxy groups -OCH3 is 1. The monoisotopic (exact) mass is 423 g/mol. The molecule has 2 heterocycles. The lowest BCUT2D eigenvalue weighted by Gasteiger charge is -2.10. The van der Waals surface area contributed by atoms with E-state index in [1.165, 1.54) is 23.7 Å². The smallest absolute Gasteiger partial charge is 0.188 e. The molecule has 4 rings (SSSR count). The molecule has 0 aliphatic carbocycles. The Kier molecular flexibility index (Phi) is 5.07. The molecule has 0 saturated heterocycles. The molecule has 6 nitrogen and oxygen atoms in total. The van der Waals surface area contributed by atoms with E-state index < -0.39 is 9.84 Å². The predicted octanol–water partition coefficient (Wildman–Crippen LogP) is 4.37. The molecular formula is C18H18ClN3O3S2. The van der Waals surface area contributed by atoms with Gasteiger partial charge in [-0.3, -0.25) is 0 Å². The molecule has 0 spiro atoms. The number of anilines is 2. The molecule has 0 atom stereocenters. The van der Waals surface area contributed by atoms with Crippen LogP contribution < -0.4 is 10.1 Å².